The summed E-state index contributed by atoms with van der Waals surface area (Å²) in [6.07, 6.45) is 12.3. The zero-order valence-electron chi connectivity index (χ0n) is 12.2. The van der Waals surface area contributed by atoms with E-state index in [1.54, 1.807) is 0 Å². The summed E-state index contributed by atoms with van der Waals surface area (Å²) in [5.41, 5.74) is -0.377. The fourth-order valence-corrected chi connectivity index (χ4v) is 3.30. The maximum atomic E-state index is 11.6. The van der Waals surface area contributed by atoms with Crippen LogP contribution in [-0.4, -0.2) is 11.1 Å². The van der Waals surface area contributed by atoms with Gasteiger partial charge in [-0.15, -0.1) is 0 Å². The van der Waals surface area contributed by atoms with Crippen molar-refractivity contribution in [3.05, 3.63) is 0 Å². The van der Waals surface area contributed by atoms with E-state index in [9.17, 15) is 9.90 Å². The summed E-state index contributed by atoms with van der Waals surface area (Å²) in [7, 11) is 0. The Labute approximate surface area is 112 Å². The van der Waals surface area contributed by atoms with E-state index < -0.39 is 5.97 Å². The van der Waals surface area contributed by atoms with Gasteiger partial charge in [-0.2, -0.15) is 0 Å². The number of carbonyl (C=O) groups is 1. The molecule has 2 heteroatoms. The number of unbranched alkanes of at least 4 members (excludes halogenated alkanes) is 3. The average molecular weight is 254 g/mol. The molecule has 0 aromatic heterocycles. The number of carboxylic acid groups (broad SMARTS) is 1. The minimum Gasteiger partial charge on any atom is -0.481 e. The van der Waals surface area contributed by atoms with Crippen LogP contribution in [0.5, 0.6) is 0 Å². The lowest BCUT2D eigenvalue weighted by Crippen LogP contribution is -2.35. The maximum Gasteiger partial charge on any atom is 0.309 e. The number of aliphatic carboxylic acids is 1. The molecular weight excluding hydrogens is 224 g/mol. The van der Waals surface area contributed by atoms with Crippen molar-refractivity contribution in [2.45, 2.75) is 84.5 Å². The van der Waals surface area contributed by atoms with Gasteiger partial charge in [0.1, 0.15) is 0 Å². The second-order valence-corrected chi connectivity index (χ2v) is 6.13. The van der Waals surface area contributed by atoms with E-state index in [-0.39, 0.29) is 5.41 Å². The highest BCUT2D eigenvalue weighted by molar-refractivity contribution is 5.74. The van der Waals surface area contributed by atoms with Crippen molar-refractivity contribution in [3.8, 4) is 0 Å². The SMILES string of the molecule is CCCCCC1(C(=O)O)CCC(CCCC)CC1. The molecule has 0 bridgehead atoms. The molecule has 0 aromatic carbocycles. The van der Waals surface area contributed by atoms with Crippen molar-refractivity contribution in [2.75, 3.05) is 0 Å². The molecular formula is C16H30O2. The molecule has 1 fully saturated rings. The molecule has 0 unspecified atom stereocenters. The van der Waals surface area contributed by atoms with Crippen LogP contribution in [0.2, 0.25) is 0 Å². The lowest BCUT2D eigenvalue weighted by molar-refractivity contribution is -0.152. The predicted octanol–water partition coefficient (Wildman–Crippen LogP) is 5.02. The Kier molecular flexibility index (Phi) is 6.73. The zero-order chi connectivity index (χ0) is 13.4. The van der Waals surface area contributed by atoms with E-state index in [1.807, 2.05) is 0 Å². The van der Waals surface area contributed by atoms with Crippen LogP contribution in [0.3, 0.4) is 0 Å². The number of rotatable bonds is 8. The molecule has 1 aliphatic carbocycles. The molecule has 0 spiro atoms. The maximum absolute atomic E-state index is 11.6. The van der Waals surface area contributed by atoms with Crippen LogP contribution in [0.25, 0.3) is 0 Å². The summed E-state index contributed by atoms with van der Waals surface area (Å²) in [4.78, 5) is 11.6. The van der Waals surface area contributed by atoms with Gasteiger partial charge in [0.2, 0.25) is 0 Å². The molecule has 0 aromatic rings. The van der Waals surface area contributed by atoms with Crippen molar-refractivity contribution in [3.63, 3.8) is 0 Å². The van der Waals surface area contributed by atoms with Crippen LogP contribution in [0, 0.1) is 11.3 Å². The molecule has 1 rings (SSSR count). The van der Waals surface area contributed by atoms with Gasteiger partial charge in [0.25, 0.3) is 0 Å². The van der Waals surface area contributed by atoms with Gasteiger partial charge in [-0.3, -0.25) is 4.79 Å². The molecule has 0 aliphatic heterocycles. The van der Waals surface area contributed by atoms with E-state index in [2.05, 4.69) is 13.8 Å². The second-order valence-electron chi connectivity index (χ2n) is 6.13. The number of hydrogen-bond donors (Lipinski definition) is 1. The smallest absolute Gasteiger partial charge is 0.309 e. The van der Waals surface area contributed by atoms with E-state index in [1.165, 1.54) is 32.1 Å². The Morgan fingerprint density at radius 3 is 2.22 bits per heavy atom. The van der Waals surface area contributed by atoms with Crippen LogP contribution in [0.1, 0.15) is 84.5 Å². The van der Waals surface area contributed by atoms with Gasteiger partial charge in [-0.1, -0.05) is 52.4 Å². The van der Waals surface area contributed by atoms with Crippen molar-refractivity contribution in [1.82, 2.24) is 0 Å². The monoisotopic (exact) mass is 254 g/mol. The average Bonchev–Trinajstić information content (AvgIpc) is 2.38. The third-order valence-corrected chi connectivity index (χ3v) is 4.74. The molecule has 0 heterocycles. The topological polar surface area (TPSA) is 37.3 Å². The van der Waals surface area contributed by atoms with E-state index in [0.29, 0.717) is 0 Å². The first-order valence-corrected chi connectivity index (χ1v) is 7.88. The highest BCUT2D eigenvalue weighted by atomic mass is 16.4. The third-order valence-electron chi connectivity index (χ3n) is 4.74. The first-order valence-electron chi connectivity index (χ1n) is 7.88. The molecule has 1 aliphatic rings. The highest BCUT2D eigenvalue weighted by Gasteiger charge is 2.40. The van der Waals surface area contributed by atoms with Gasteiger partial charge in [-0.05, 0) is 38.0 Å². The van der Waals surface area contributed by atoms with Crippen molar-refractivity contribution in [1.29, 1.82) is 0 Å². The second kappa shape index (κ2) is 7.81. The normalized spacial score (nSPS) is 28.2. The van der Waals surface area contributed by atoms with Crippen LogP contribution < -0.4 is 0 Å². The van der Waals surface area contributed by atoms with Crippen molar-refractivity contribution in [2.24, 2.45) is 11.3 Å². The minimum absolute atomic E-state index is 0.377. The lowest BCUT2D eigenvalue weighted by Gasteiger charge is -2.37. The van der Waals surface area contributed by atoms with Gasteiger partial charge < -0.3 is 5.11 Å². The van der Waals surface area contributed by atoms with E-state index >= 15 is 0 Å². The Bertz CT molecular complexity index is 239. The van der Waals surface area contributed by atoms with Crippen molar-refractivity contribution < 1.29 is 9.90 Å². The summed E-state index contributed by atoms with van der Waals surface area (Å²) >= 11 is 0. The molecule has 2 nitrogen and oxygen atoms in total. The van der Waals surface area contributed by atoms with E-state index in [0.717, 1.165) is 44.4 Å². The fourth-order valence-electron chi connectivity index (χ4n) is 3.30. The van der Waals surface area contributed by atoms with Crippen LogP contribution in [0.4, 0.5) is 0 Å². The summed E-state index contributed by atoms with van der Waals surface area (Å²) in [5.74, 6) is 0.260. The predicted molar refractivity (Wildman–Crippen MR) is 75.7 cm³/mol. The van der Waals surface area contributed by atoms with Gasteiger partial charge in [0.15, 0.2) is 0 Å². The van der Waals surface area contributed by atoms with Gasteiger partial charge in [0, 0.05) is 0 Å². The summed E-state index contributed by atoms with van der Waals surface area (Å²) < 4.78 is 0. The molecule has 1 saturated carbocycles. The molecule has 0 radical (unpaired) electrons. The zero-order valence-corrected chi connectivity index (χ0v) is 12.2. The molecule has 0 amide bonds. The largest absolute Gasteiger partial charge is 0.481 e. The first-order chi connectivity index (χ1) is 8.64. The number of hydrogen-bond acceptors (Lipinski definition) is 1. The Balaban J connectivity index is 2.44. The molecule has 1 N–H and O–H groups in total. The lowest BCUT2D eigenvalue weighted by atomic mass is 9.67. The molecule has 18 heavy (non-hydrogen) atoms. The van der Waals surface area contributed by atoms with Crippen LogP contribution in [0.15, 0.2) is 0 Å². The molecule has 0 saturated heterocycles. The first kappa shape index (κ1) is 15.5. The molecule has 0 atom stereocenters. The highest BCUT2D eigenvalue weighted by Crippen LogP contribution is 2.44. The summed E-state index contributed by atoms with van der Waals surface area (Å²) in [6.45, 7) is 4.41. The molecule has 106 valence electrons. The van der Waals surface area contributed by atoms with E-state index in [4.69, 9.17) is 0 Å². The summed E-state index contributed by atoms with van der Waals surface area (Å²) in [5, 5.41) is 9.55. The quantitative estimate of drug-likeness (QED) is 0.618. The fraction of sp³-hybridized carbons (Fsp3) is 0.938. The van der Waals surface area contributed by atoms with Gasteiger partial charge >= 0.3 is 5.97 Å². The Morgan fingerprint density at radius 2 is 1.72 bits per heavy atom. The van der Waals surface area contributed by atoms with Crippen LogP contribution >= 0.6 is 0 Å². The third kappa shape index (κ3) is 4.29. The van der Waals surface area contributed by atoms with Gasteiger partial charge in [0.05, 0.1) is 5.41 Å². The number of carboxylic acids is 1. The van der Waals surface area contributed by atoms with Gasteiger partial charge in [-0.25, -0.2) is 0 Å². The Morgan fingerprint density at radius 1 is 1.11 bits per heavy atom. The standard InChI is InChI=1S/C16H30O2/c1-3-5-7-11-16(15(17)18)12-9-14(10-13-16)8-6-4-2/h14H,3-13H2,1-2H3,(H,17,18). The summed E-state index contributed by atoms with van der Waals surface area (Å²) in [6, 6.07) is 0. The minimum atomic E-state index is -0.535. The van der Waals surface area contributed by atoms with Crippen molar-refractivity contribution >= 4 is 5.97 Å². The Hall–Kier alpha value is -0.530. The van der Waals surface area contributed by atoms with Crippen LogP contribution in [-0.2, 0) is 4.79 Å².